The summed E-state index contributed by atoms with van der Waals surface area (Å²) >= 11 is 0. The molecule has 1 aromatic rings. The zero-order valence-corrected chi connectivity index (χ0v) is 10.2. The maximum Gasteiger partial charge on any atom is 0.320 e. The maximum atomic E-state index is 11.4. The van der Waals surface area contributed by atoms with Gasteiger partial charge < -0.3 is 4.74 Å². The van der Waals surface area contributed by atoms with Crippen LogP contribution >= 0.6 is 0 Å². The molecule has 5 heteroatoms. The van der Waals surface area contributed by atoms with Crippen LogP contribution in [0.15, 0.2) is 31.1 Å². The van der Waals surface area contributed by atoms with Gasteiger partial charge in [-0.05, 0) is 13.0 Å². The molecule has 0 spiro atoms. The molecule has 0 aromatic carbocycles. The molecule has 1 heterocycles. The van der Waals surface area contributed by atoms with Gasteiger partial charge in [-0.25, -0.2) is 0 Å². The molecule has 0 saturated heterocycles. The van der Waals surface area contributed by atoms with Crippen LogP contribution in [0, 0.1) is 0 Å². The molecule has 94 valence electrons. The Bertz CT molecular complexity index is 336. The average Bonchev–Trinajstić information content (AvgIpc) is 2.79. The van der Waals surface area contributed by atoms with E-state index in [4.69, 9.17) is 4.74 Å². The summed E-state index contributed by atoms with van der Waals surface area (Å²) < 4.78 is 6.75. The van der Waals surface area contributed by atoms with Gasteiger partial charge >= 0.3 is 5.97 Å². The normalized spacial score (nSPS) is 10.5. The molecule has 1 rings (SSSR count). The molecule has 0 aliphatic carbocycles. The summed E-state index contributed by atoms with van der Waals surface area (Å²) in [4.78, 5) is 13.3. The van der Waals surface area contributed by atoms with Crippen LogP contribution in [0.5, 0.6) is 0 Å². The summed E-state index contributed by atoms with van der Waals surface area (Å²) in [6.45, 7) is 8.36. The number of carbonyl (C=O) groups excluding carboxylic acids is 1. The van der Waals surface area contributed by atoms with Gasteiger partial charge in [0.15, 0.2) is 0 Å². The molecule has 0 atom stereocenters. The first-order valence-corrected chi connectivity index (χ1v) is 5.72. The van der Waals surface area contributed by atoms with Crippen molar-refractivity contribution in [3.63, 3.8) is 0 Å². The van der Waals surface area contributed by atoms with Crippen molar-refractivity contribution >= 4 is 5.97 Å². The van der Waals surface area contributed by atoms with Gasteiger partial charge in [0, 0.05) is 25.5 Å². The summed E-state index contributed by atoms with van der Waals surface area (Å²) in [6.07, 6.45) is 5.42. The van der Waals surface area contributed by atoms with E-state index < -0.39 is 0 Å². The van der Waals surface area contributed by atoms with Gasteiger partial charge in [-0.2, -0.15) is 5.10 Å². The second kappa shape index (κ2) is 7.62. The van der Waals surface area contributed by atoms with E-state index in [1.54, 1.807) is 19.2 Å². The number of nitrogens with zero attached hydrogens (tertiary/aromatic N) is 3. The standard InChI is InChI=1S/C12H19N3O2/c1-3-7-14(11-12(16)17-4-2)9-10-15-8-5-6-13-15/h3,5-6,8H,1,4,7,9-11H2,2H3. The van der Waals surface area contributed by atoms with Gasteiger partial charge in [0.05, 0.1) is 19.7 Å². The highest BCUT2D eigenvalue weighted by Crippen LogP contribution is 1.94. The van der Waals surface area contributed by atoms with Crippen molar-refractivity contribution in [1.82, 2.24) is 14.7 Å². The lowest BCUT2D eigenvalue weighted by atomic mass is 10.4. The molecule has 1 aromatic heterocycles. The van der Waals surface area contributed by atoms with Gasteiger partial charge in [-0.15, -0.1) is 6.58 Å². The van der Waals surface area contributed by atoms with Crippen molar-refractivity contribution in [3.8, 4) is 0 Å². The molecule has 0 fully saturated rings. The Labute approximate surface area is 102 Å². The van der Waals surface area contributed by atoms with E-state index in [1.807, 2.05) is 21.8 Å². The Hall–Kier alpha value is -1.62. The number of rotatable bonds is 8. The van der Waals surface area contributed by atoms with Gasteiger partial charge in [0.25, 0.3) is 0 Å². The van der Waals surface area contributed by atoms with Crippen LogP contribution in [0.4, 0.5) is 0 Å². The topological polar surface area (TPSA) is 47.4 Å². The van der Waals surface area contributed by atoms with Gasteiger partial charge in [-0.1, -0.05) is 6.08 Å². The van der Waals surface area contributed by atoms with E-state index in [2.05, 4.69) is 11.7 Å². The van der Waals surface area contributed by atoms with E-state index in [9.17, 15) is 4.79 Å². The molecule has 0 amide bonds. The summed E-state index contributed by atoms with van der Waals surface area (Å²) in [6, 6.07) is 1.88. The Morgan fingerprint density at radius 3 is 3.06 bits per heavy atom. The first-order valence-electron chi connectivity index (χ1n) is 5.72. The van der Waals surface area contributed by atoms with E-state index in [0.717, 1.165) is 13.1 Å². The largest absolute Gasteiger partial charge is 0.465 e. The van der Waals surface area contributed by atoms with Crippen molar-refractivity contribution in [2.45, 2.75) is 13.5 Å². The van der Waals surface area contributed by atoms with Crippen LogP contribution in [0.2, 0.25) is 0 Å². The van der Waals surface area contributed by atoms with E-state index >= 15 is 0 Å². The Morgan fingerprint density at radius 2 is 2.47 bits per heavy atom. The Balaban J connectivity index is 2.37. The minimum atomic E-state index is -0.199. The maximum absolute atomic E-state index is 11.4. The summed E-state index contributed by atoms with van der Waals surface area (Å²) in [7, 11) is 0. The number of aromatic nitrogens is 2. The number of hydrogen-bond donors (Lipinski definition) is 0. The van der Waals surface area contributed by atoms with Crippen LogP contribution < -0.4 is 0 Å². The fraction of sp³-hybridized carbons (Fsp3) is 0.500. The molecule has 0 N–H and O–H groups in total. The fourth-order valence-electron chi connectivity index (χ4n) is 1.48. The van der Waals surface area contributed by atoms with E-state index in [1.165, 1.54) is 0 Å². The van der Waals surface area contributed by atoms with Crippen molar-refractivity contribution in [2.24, 2.45) is 0 Å². The molecule has 0 aliphatic heterocycles. The molecular weight excluding hydrogens is 218 g/mol. The number of carbonyl (C=O) groups is 1. The lowest BCUT2D eigenvalue weighted by Gasteiger charge is -2.19. The second-order valence-corrected chi connectivity index (χ2v) is 3.60. The number of esters is 1. The molecular formula is C12H19N3O2. The third-order valence-electron chi connectivity index (χ3n) is 2.25. The molecule has 17 heavy (non-hydrogen) atoms. The fourth-order valence-corrected chi connectivity index (χ4v) is 1.48. The van der Waals surface area contributed by atoms with E-state index in [-0.39, 0.29) is 5.97 Å². The SMILES string of the molecule is C=CCN(CCn1cccn1)CC(=O)OCC. The average molecular weight is 237 g/mol. The third-order valence-corrected chi connectivity index (χ3v) is 2.25. The monoisotopic (exact) mass is 237 g/mol. The quantitative estimate of drug-likeness (QED) is 0.498. The smallest absolute Gasteiger partial charge is 0.320 e. The summed E-state index contributed by atoms with van der Waals surface area (Å²) in [5.41, 5.74) is 0. The molecule has 5 nitrogen and oxygen atoms in total. The first kappa shape index (κ1) is 13.4. The van der Waals surface area contributed by atoms with Crippen molar-refractivity contribution in [1.29, 1.82) is 0 Å². The first-order chi connectivity index (χ1) is 8.26. The minimum absolute atomic E-state index is 0.199. The lowest BCUT2D eigenvalue weighted by Crippen LogP contribution is -2.34. The van der Waals surface area contributed by atoms with Gasteiger partial charge in [0.1, 0.15) is 0 Å². The Morgan fingerprint density at radius 1 is 1.65 bits per heavy atom. The molecule has 0 saturated carbocycles. The highest BCUT2D eigenvalue weighted by atomic mass is 16.5. The third kappa shape index (κ3) is 5.31. The highest BCUT2D eigenvalue weighted by molar-refractivity contribution is 5.71. The van der Waals surface area contributed by atoms with Crippen molar-refractivity contribution in [3.05, 3.63) is 31.1 Å². The second-order valence-electron chi connectivity index (χ2n) is 3.60. The Kier molecular flexibility index (Phi) is 6.03. The van der Waals surface area contributed by atoms with Crippen LogP contribution in [-0.4, -0.2) is 46.9 Å². The zero-order chi connectivity index (χ0) is 12.5. The number of ether oxygens (including phenoxy) is 1. The van der Waals surface area contributed by atoms with E-state index in [0.29, 0.717) is 19.7 Å². The molecule has 0 bridgehead atoms. The number of hydrogen-bond acceptors (Lipinski definition) is 4. The van der Waals surface area contributed by atoms with Crippen LogP contribution in [-0.2, 0) is 16.1 Å². The summed E-state index contributed by atoms with van der Waals surface area (Å²) in [5, 5.41) is 4.11. The lowest BCUT2D eigenvalue weighted by molar-refractivity contribution is -0.144. The molecule has 0 aliphatic rings. The predicted molar refractivity (Wildman–Crippen MR) is 65.5 cm³/mol. The van der Waals surface area contributed by atoms with Gasteiger partial charge in [-0.3, -0.25) is 14.4 Å². The predicted octanol–water partition coefficient (Wildman–Crippen LogP) is 0.934. The zero-order valence-electron chi connectivity index (χ0n) is 10.2. The summed E-state index contributed by atoms with van der Waals surface area (Å²) in [5.74, 6) is -0.199. The minimum Gasteiger partial charge on any atom is -0.465 e. The van der Waals surface area contributed by atoms with Gasteiger partial charge in [0.2, 0.25) is 0 Å². The molecule has 0 unspecified atom stereocenters. The molecule has 0 radical (unpaired) electrons. The highest BCUT2D eigenvalue weighted by Gasteiger charge is 2.09. The van der Waals surface area contributed by atoms with Crippen LogP contribution in [0.1, 0.15) is 6.92 Å². The van der Waals surface area contributed by atoms with Crippen molar-refractivity contribution in [2.75, 3.05) is 26.2 Å². The van der Waals surface area contributed by atoms with Crippen LogP contribution in [0.3, 0.4) is 0 Å². The van der Waals surface area contributed by atoms with Crippen molar-refractivity contribution < 1.29 is 9.53 Å². The van der Waals surface area contributed by atoms with Crippen LogP contribution in [0.25, 0.3) is 0 Å².